The average Bonchev–Trinajstić information content (AvgIpc) is 2.68. The van der Waals surface area contributed by atoms with E-state index in [2.05, 4.69) is 0 Å². The van der Waals surface area contributed by atoms with Crippen LogP contribution in [0.25, 0.3) is 0 Å². The number of carbonyl (C=O) groups is 1. The minimum Gasteiger partial charge on any atom is -0.508 e. The number of likely N-dealkylation sites (tertiary alicyclic amines) is 1. The van der Waals surface area contributed by atoms with Gasteiger partial charge in [-0.15, -0.1) is 0 Å². The number of piperidine rings is 1. The van der Waals surface area contributed by atoms with Crippen LogP contribution in [0.2, 0.25) is 0 Å². The van der Waals surface area contributed by atoms with Crippen molar-refractivity contribution in [3.8, 4) is 17.2 Å². The van der Waals surface area contributed by atoms with E-state index in [9.17, 15) is 9.90 Å². The molecule has 1 saturated heterocycles. The normalized spacial score (nSPS) is 14.9. The second kappa shape index (κ2) is 8.13. The summed E-state index contributed by atoms with van der Waals surface area (Å²) in [6.07, 6.45) is 2.18. The van der Waals surface area contributed by atoms with Crippen LogP contribution in [0.15, 0.2) is 42.5 Å². The molecule has 0 atom stereocenters. The summed E-state index contributed by atoms with van der Waals surface area (Å²) in [5.74, 6) is 2.26. The molecule has 1 aliphatic rings. The van der Waals surface area contributed by atoms with Crippen molar-refractivity contribution in [2.24, 2.45) is 0 Å². The Morgan fingerprint density at radius 1 is 1.08 bits per heavy atom. The lowest BCUT2D eigenvalue weighted by atomic mass is 9.89. The summed E-state index contributed by atoms with van der Waals surface area (Å²) in [7, 11) is 3.22. The van der Waals surface area contributed by atoms with Gasteiger partial charge in [0.15, 0.2) is 0 Å². The number of amides is 1. The van der Waals surface area contributed by atoms with Crippen molar-refractivity contribution in [1.82, 2.24) is 4.90 Å². The van der Waals surface area contributed by atoms with Gasteiger partial charge in [0.05, 0.1) is 20.6 Å². The lowest BCUT2D eigenvalue weighted by Crippen LogP contribution is -2.38. The molecule has 1 aliphatic heterocycles. The van der Waals surface area contributed by atoms with E-state index < -0.39 is 0 Å². The number of nitrogens with zero attached hydrogens (tertiary/aromatic N) is 1. The molecule has 0 aliphatic carbocycles. The number of methoxy groups -OCH3 is 2. The van der Waals surface area contributed by atoms with E-state index in [0.717, 1.165) is 37.2 Å². The fourth-order valence-corrected chi connectivity index (χ4v) is 3.50. The molecule has 1 heterocycles. The first-order chi connectivity index (χ1) is 12.6. The van der Waals surface area contributed by atoms with Crippen LogP contribution in [0.4, 0.5) is 0 Å². The molecule has 0 bridgehead atoms. The maximum atomic E-state index is 12.7. The van der Waals surface area contributed by atoms with Gasteiger partial charge in [-0.3, -0.25) is 4.79 Å². The molecule has 5 heteroatoms. The van der Waals surface area contributed by atoms with Gasteiger partial charge in [-0.25, -0.2) is 0 Å². The summed E-state index contributed by atoms with van der Waals surface area (Å²) in [5.41, 5.74) is 2.07. The molecule has 0 spiro atoms. The van der Waals surface area contributed by atoms with Crippen LogP contribution < -0.4 is 9.47 Å². The zero-order valence-electron chi connectivity index (χ0n) is 15.3. The first-order valence-corrected chi connectivity index (χ1v) is 8.88. The third-order valence-corrected chi connectivity index (χ3v) is 5.04. The maximum Gasteiger partial charge on any atom is 0.227 e. The number of benzene rings is 2. The van der Waals surface area contributed by atoms with E-state index in [1.165, 1.54) is 5.56 Å². The minimum atomic E-state index is 0.112. The highest BCUT2D eigenvalue weighted by molar-refractivity contribution is 5.79. The molecule has 1 fully saturated rings. The molecule has 0 saturated carbocycles. The Balaban J connectivity index is 1.61. The Hall–Kier alpha value is -2.69. The van der Waals surface area contributed by atoms with Crippen LogP contribution in [-0.2, 0) is 11.2 Å². The van der Waals surface area contributed by atoms with Crippen molar-refractivity contribution in [2.75, 3.05) is 27.3 Å². The Labute approximate surface area is 154 Å². The molecule has 3 rings (SSSR count). The zero-order valence-corrected chi connectivity index (χ0v) is 15.3. The molecular weight excluding hydrogens is 330 g/mol. The fraction of sp³-hybridized carbons (Fsp3) is 0.381. The summed E-state index contributed by atoms with van der Waals surface area (Å²) in [5, 5.41) is 9.42. The fourth-order valence-electron chi connectivity index (χ4n) is 3.50. The number of carbonyl (C=O) groups excluding carboxylic acids is 1. The van der Waals surface area contributed by atoms with Gasteiger partial charge < -0.3 is 19.5 Å². The van der Waals surface area contributed by atoms with Crippen LogP contribution in [0, 0.1) is 0 Å². The topological polar surface area (TPSA) is 59.0 Å². The van der Waals surface area contributed by atoms with E-state index >= 15 is 0 Å². The highest BCUT2D eigenvalue weighted by Crippen LogP contribution is 2.30. The first-order valence-electron chi connectivity index (χ1n) is 8.88. The number of ether oxygens (including phenoxy) is 2. The van der Waals surface area contributed by atoms with Crippen LogP contribution in [-0.4, -0.2) is 43.2 Å². The van der Waals surface area contributed by atoms with Gasteiger partial charge in [-0.05, 0) is 54.7 Å². The lowest BCUT2D eigenvalue weighted by molar-refractivity contribution is -0.131. The number of rotatable bonds is 5. The van der Waals surface area contributed by atoms with E-state index in [0.29, 0.717) is 18.1 Å². The second-order valence-corrected chi connectivity index (χ2v) is 6.60. The molecule has 5 nitrogen and oxygen atoms in total. The largest absolute Gasteiger partial charge is 0.508 e. The van der Waals surface area contributed by atoms with Crippen LogP contribution in [0.5, 0.6) is 17.2 Å². The van der Waals surface area contributed by atoms with Crippen molar-refractivity contribution in [3.63, 3.8) is 0 Å². The minimum absolute atomic E-state index is 0.112. The summed E-state index contributed by atoms with van der Waals surface area (Å²) in [4.78, 5) is 14.6. The number of hydrogen-bond donors (Lipinski definition) is 1. The second-order valence-electron chi connectivity index (χ2n) is 6.60. The monoisotopic (exact) mass is 355 g/mol. The Morgan fingerprint density at radius 3 is 2.38 bits per heavy atom. The smallest absolute Gasteiger partial charge is 0.227 e. The van der Waals surface area contributed by atoms with E-state index in [1.54, 1.807) is 26.4 Å². The highest BCUT2D eigenvalue weighted by atomic mass is 16.5. The molecule has 1 N–H and O–H groups in total. The standard InChI is InChI=1S/C21H25NO4/c1-25-19-7-8-20(26-2)17(13-19)14-21(24)22-11-9-16(10-12-22)15-3-5-18(23)6-4-15/h3-8,13,16,23H,9-12,14H2,1-2H3. The van der Waals surface area contributed by atoms with Crippen molar-refractivity contribution in [1.29, 1.82) is 0 Å². The predicted octanol–water partition coefficient (Wildman–Crippen LogP) is 3.36. The van der Waals surface area contributed by atoms with Gasteiger partial charge in [0, 0.05) is 18.7 Å². The Kier molecular flexibility index (Phi) is 5.66. The van der Waals surface area contributed by atoms with Crippen LogP contribution in [0.1, 0.15) is 29.9 Å². The first kappa shape index (κ1) is 18.1. The number of aromatic hydroxyl groups is 1. The summed E-state index contributed by atoms with van der Waals surface area (Å²) in [6.45, 7) is 1.49. The van der Waals surface area contributed by atoms with Crippen molar-refractivity contribution < 1.29 is 19.4 Å². The number of hydrogen-bond acceptors (Lipinski definition) is 4. The van der Waals surface area contributed by atoms with Gasteiger partial charge in [0.1, 0.15) is 17.2 Å². The lowest BCUT2D eigenvalue weighted by Gasteiger charge is -2.32. The molecule has 2 aromatic carbocycles. The molecule has 0 aromatic heterocycles. The van der Waals surface area contributed by atoms with Gasteiger partial charge >= 0.3 is 0 Å². The highest BCUT2D eigenvalue weighted by Gasteiger charge is 2.24. The molecular formula is C21H25NO4. The van der Waals surface area contributed by atoms with E-state index in [4.69, 9.17) is 9.47 Å². The third-order valence-electron chi connectivity index (χ3n) is 5.04. The molecule has 26 heavy (non-hydrogen) atoms. The van der Waals surface area contributed by atoms with Crippen molar-refractivity contribution in [3.05, 3.63) is 53.6 Å². The maximum absolute atomic E-state index is 12.7. The SMILES string of the molecule is COc1ccc(OC)c(CC(=O)N2CCC(c3ccc(O)cc3)CC2)c1. The molecule has 2 aromatic rings. The summed E-state index contributed by atoms with van der Waals surface area (Å²) >= 11 is 0. The van der Waals surface area contributed by atoms with Gasteiger partial charge in [0.25, 0.3) is 0 Å². The quantitative estimate of drug-likeness (QED) is 0.893. The summed E-state index contributed by atoms with van der Waals surface area (Å²) < 4.78 is 10.6. The van der Waals surface area contributed by atoms with Crippen LogP contribution >= 0.6 is 0 Å². The molecule has 138 valence electrons. The third kappa shape index (κ3) is 4.10. The van der Waals surface area contributed by atoms with Crippen LogP contribution in [0.3, 0.4) is 0 Å². The molecule has 0 unspecified atom stereocenters. The molecule has 0 radical (unpaired) electrons. The Morgan fingerprint density at radius 2 is 1.77 bits per heavy atom. The average molecular weight is 355 g/mol. The number of phenols is 1. The summed E-state index contributed by atoms with van der Waals surface area (Å²) in [6, 6.07) is 12.9. The van der Waals surface area contributed by atoms with Gasteiger partial charge in [-0.1, -0.05) is 12.1 Å². The van der Waals surface area contributed by atoms with Gasteiger partial charge in [0.2, 0.25) is 5.91 Å². The Bertz CT molecular complexity index is 749. The number of phenolic OH excluding ortho intramolecular Hbond substituents is 1. The van der Waals surface area contributed by atoms with E-state index in [1.807, 2.05) is 35.2 Å². The molecule has 1 amide bonds. The van der Waals surface area contributed by atoms with Gasteiger partial charge in [-0.2, -0.15) is 0 Å². The van der Waals surface area contributed by atoms with Crippen molar-refractivity contribution >= 4 is 5.91 Å². The zero-order chi connectivity index (χ0) is 18.5. The van der Waals surface area contributed by atoms with Crippen molar-refractivity contribution in [2.45, 2.75) is 25.2 Å². The van der Waals surface area contributed by atoms with E-state index in [-0.39, 0.29) is 11.7 Å². The predicted molar refractivity (Wildman–Crippen MR) is 99.9 cm³/mol.